The molecule has 0 radical (unpaired) electrons. The van der Waals surface area contributed by atoms with Crippen LogP contribution in [0.1, 0.15) is 47.1 Å². The predicted octanol–water partition coefficient (Wildman–Crippen LogP) is 3.14. The molecule has 0 saturated heterocycles. The fourth-order valence-corrected chi connectivity index (χ4v) is 2.52. The molecule has 2 aromatic rings. The third kappa shape index (κ3) is 5.94. The van der Waals surface area contributed by atoms with Crippen molar-refractivity contribution >= 4 is 23.4 Å². The highest BCUT2D eigenvalue weighted by atomic mass is 16.2. The molecule has 2 rings (SSSR count). The molecule has 148 valence electrons. The van der Waals surface area contributed by atoms with E-state index >= 15 is 0 Å². The summed E-state index contributed by atoms with van der Waals surface area (Å²) < 4.78 is 0. The number of hydrogen-bond acceptors (Lipinski definition) is 3. The summed E-state index contributed by atoms with van der Waals surface area (Å²) in [5.74, 6) is -0.407. The van der Waals surface area contributed by atoms with Crippen LogP contribution in [0.3, 0.4) is 0 Å². The summed E-state index contributed by atoms with van der Waals surface area (Å²) in [5.41, 5.74) is 2.41. The number of carbonyl (C=O) groups is 3. The number of carbonyl (C=O) groups excluding carboxylic acids is 3. The van der Waals surface area contributed by atoms with Crippen molar-refractivity contribution in [1.82, 2.24) is 10.6 Å². The molecule has 0 aromatic heterocycles. The minimum absolute atomic E-state index is 0.141. The van der Waals surface area contributed by atoms with Gasteiger partial charge in [-0.25, -0.2) is 0 Å². The molecule has 0 aliphatic rings. The van der Waals surface area contributed by atoms with Crippen molar-refractivity contribution in [2.45, 2.75) is 33.7 Å². The van der Waals surface area contributed by atoms with E-state index in [1.807, 2.05) is 26.8 Å². The van der Waals surface area contributed by atoms with Crippen LogP contribution in [0.5, 0.6) is 0 Å². The summed E-state index contributed by atoms with van der Waals surface area (Å²) >= 11 is 0. The molecule has 0 saturated carbocycles. The molecule has 0 bridgehead atoms. The first-order chi connectivity index (χ1) is 13.3. The molecule has 1 atom stereocenters. The molecule has 0 heterocycles. The second-order valence-electron chi connectivity index (χ2n) is 7.18. The third-order valence-corrected chi connectivity index (χ3v) is 4.19. The average Bonchev–Trinajstić information content (AvgIpc) is 2.68. The minimum atomic E-state index is -0.707. The number of hydrogen-bond donors (Lipinski definition) is 3. The smallest absolute Gasteiger partial charge is 0.251 e. The molecular formula is C22H27N3O3. The summed E-state index contributed by atoms with van der Waals surface area (Å²) in [6.45, 7) is 8.11. The topological polar surface area (TPSA) is 87.3 Å². The monoisotopic (exact) mass is 381 g/mol. The first-order valence-corrected chi connectivity index (χ1v) is 9.33. The van der Waals surface area contributed by atoms with Crippen LogP contribution < -0.4 is 16.0 Å². The highest BCUT2D eigenvalue weighted by Crippen LogP contribution is 2.17. The van der Waals surface area contributed by atoms with Crippen LogP contribution in [0, 0.1) is 12.8 Å². The van der Waals surface area contributed by atoms with Crippen molar-refractivity contribution in [3.63, 3.8) is 0 Å². The maximum absolute atomic E-state index is 12.4. The van der Waals surface area contributed by atoms with Gasteiger partial charge in [0.05, 0.1) is 0 Å². The Bertz CT molecular complexity index is 847. The van der Waals surface area contributed by atoms with Gasteiger partial charge in [-0.15, -0.1) is 0 Å². The van der Waals surface area contributed by atoms with Crippen LogP contribution in [0.25, 0.3) is 0 Å². The summed E-state index contributed by atoms with van der Waals surface area (Å²) in [4.78, 5) is 36.7. The lowest BCUT2D eigenvalue weighted by atomic mass is 10.1. The van der Waals surface area contributed by atoms with E-state index in [-0.39, 0.29) is 17.7 Å². The van der Waals surface area contributed by atoms with Crippen molar-refractivity contribution in [2.75, 3.05) is 11.9 Å². The molecule has 28 heavy (non-hydrogen) atoms. The molecule has 0 aliphatic carbocycles. The van der Waals surface area contributed by atoms with Gasteiger partial charge in [0.15, 0.2) is 0 Å². The normalized spacial score (nSPS) is 11.6. The number of rotatable bonds is 7. The molecule has 6 heteroatoms. The Morgan fingerprint density at radius 1 is 0.893 bits per heavy atom. The zero-order chi connectivity index (χ0) is 20.7. The van der Waals surface area contributed by atoms with Crippen molar-refractivity contribution < 1.29 is 14.4 Å². The number of benzene rings is 2. The van der Waals surface area contributed by atoms with Gasteiger partial charge in [-0.1, -0.05) is 32.0 Å². The standard InChI is InChI=1S/C22H27N3O3/c1-14(2)13-23-21(27)18-10-11-19(15(3)12-18)25-20(26)16(4)24-22(28)17-8-6-5-7-9-17/h5-12,14,16H,13H2,1-4H3,(H,23,27)(H,24,28)(H,25,26). The van der Waals surface area contributed by atoms with E-state index in [0.717, 1.165) is 5.56 Å². The van der Waals surface area contributed by atoms with Crippen LogP contribution in [0.2, 0.25) is 0 Å². The van der Waals surface area contributed by atoms with Crippen molar-refractivity contribution in [3.05, 3.63) is 65.2 Å². The lowest BCUT2D eigenvalue weighted by Crippen LogP contribution is -2.41. The van der Waals surface area contributed by atoms with Crippen LogP contribution in [0.4, 0.5) is 5.69 Å². The Balaban J connectivity index is 1.97. The largest absolute Gasteiger partial charge is 0.352 e. The summed E-state index contributed by atoms with van der Waals surface area (Å²) in [6.07, 6.45) is 0. The van der Waals surface area contributed by atoms with Crippen LogP contribution >= 0.6 is 0 Å². The number of nitrogens with one attached hydrogen (secondary N) is 3. The van der Waals surface area contributed by atoms with Gasteiger partial charge in [-0.3, -0.25) is 14.4 Å². The lowest BCUT2D eigenvalue weighted by molar-refractivity contribution is -0.117. The lowest BCUT2D eigenvalue weighted by Gasteiger charge is -2.16. The van der Waals surface area contributed by atoms with Gasteiger partial charge in [0, 0.05) is 23.4 Å². The van der Waals surface area contributed by atoms with E-state index in [9.17, 15) is 14.4 Å². The Morgan fingerprint density at radius 2 is 1.57 bits per heavy atom. The molecule has 0 aliphatic heterocycles. The van der Waals surface area contributed by atoms with Gasteiger partial charge < -0.3 is 16.0 Å². The molecule has 2 aromatic carbocycles. The second-order valence-corrected chi connectivity index (χ2v) is 7.18. The summed E-state index contributed by atoms with van der Waals surface area (Å²) in [6, 6.07) is 13.1. The summed E-state index contributed by atoms with van der Waals surface area (Å²) in [7, 11) is 0. The predicted molar refractivity (Wildman–Crippen MR) is 110 cm³/mol. The van der Waals surface area contributed by atoms with Crippen LogP contribution in [0.15, 0.2) is 48.5 Å². The molecule has 6 nitrogen and oxygen atoms in total. The number of anilines is 1. The first kappa shape index (κ1) is 21.2. The van der Waals surface area contributed by atoms with E-state index in [1.54, 1.807) is 49.4 Å². The average molecular weight is 381 g/mol. The van der Waals surface area contributed by atoms with E-state index < -0.39 is 6.04 Å². The zero-order valence-corrected chi connectivity index (χ0v) is 16.7. The van der Waals surface area contributed by atoms with Crippen LogP contribution in [-0.2, 0) is 4.79 Å². The van der Waals surface area contributed by atoms with Gasteiger partial charge in [-0.2, -0.15) is 0 Å². The van der Waals surface area contributed by atoms with Gasteiger partial charge >= 0.3 is 0 Å². The fourth-order valence-electron chi connectivity index (χ4n) is 2.52. The molecule has 0 spiro atoms. The van der Waals surface area contributed by atoms with E-state index in [0.29, 0.717) is 29.3 Å². The van der Waals surface area contributed by atoms with Gasteiger partial charge in [0.2, 0.25) is 5.91 Å². The second kappa shape index (κ2) is 9.69. The molecule has 3 amide bonds. The Morgan fingerprint density at radius 3 is 2.18 bits per heavy atom. The van der Waals surface area contributed by atoms with Crippen LogP contribution in [-0.4, -0.2) is 30.3 Å². The SMILES string of the molecule is Cc1cc(C(=O)NCC(C)C)ccc1NC(=O)C(C)NC(=O)c1ccccc1. The zero-order valence-electron chi connectivity index (χ0n) is 16.7. The minimum Gasteiger partial charge on any atom is -0.352 e. The van der Waals surface area contributed by atoms with E-state index in [4.69, 9.17) is 0 Å². The van der Waals surface area contributed by atoms with Crippen molar-refractivity contribution in [1.29, 1.82) is 0 Å². The maximum Gasteiger partial charge on any atom is 0.251 e. The molecule has 3 N–H and O–H groups in total. The third-order valence-electron chi connectivity index (χ3n) is 4.19. The van der Waals surface area contributed by atoms with E-state index in [2.05, 4.69) is 16.0 Å². The first-order valence-electron chi connectivity index (χ1n) is 9.33. The molecule has 0 fully saturated rings. The fraction of sp³-hybridized carbons (Fsp3) is 0.318. The highest BCUT2D eigenvalue weighted by Gasteiger charge is 2.17. The van der Waals surface area contributed by atoms with Gasteiger partial charge in [0.25, 0.3) is 11.8 Å². The van der Waals surface area contributed by atoms with Gasteiger partial charge in [-0.05, 0) is 55.7 Å². The number of amides is 3. The van der Waals surface area contributed by atoms with Crippen molar-refractivity contribution in [3.8, 4) is 0 Å². The van der Waals surface area contributed by atoms with Gasteiger partial charge in [0.1, 0.15) is 6.04 Å². The highest BCUT2D eigenvalue weighted by molar-refractivity contribution is 6.01. The van der Waals surface area contributed by atoms with E-state index in [1.165, 1.54) is 0 Å². The Kier molecular flexibility index (Phi) is 7.32. The summed E-state index contributed by atoms with van der Waals surface area (Å²) in [5, 5.41) is 8.34. The molecule has 1 unspecified atom stereocenters. The quantitative estimate of drug-likeness (QED) is 0.689. The Labute approximate surface area is 165 Å². The maximum atomic E-state index is 12.4. The molecular weight excluding hydrogens is 354 g/mol. The Hall–Kier alpha value is -3.15. The van der Waals surface area contributed by atoms with Crippen molar-refractivity contribution in [2.24, 2.45) is 5.92 Å². The number of aryl methyl sites for hydroxylation is 1.